The van der Waals surface area contributed by atoms with Crippen LogP contribution in [0.1, 0.15) is 58.8 Å². The quantitative estimate of drug-likeness (QED) is 0.187. The first kappa shape index (κ1) is 30.0. The van der Waals surface area contributed by atoms with Crippen LogP contribution in [0.4, 0.5) is 39.5 Å². The van der Waals surface area contributed by atoms with Crippen molar-refractivity contribution in [3.05, 3.63) is 23.5 Å². The summed E-state index contributed by atoms with van der Waals surface area (Å²) >= 11 is 4.82. The molecule has 220 valence electrons. The molecule has 0 aromatic rings. The molecule has 39 heavy (non-hydrogen) atoms. The average Bonchev–Trinajstić information content (AvgIpc) is 3.13. The lowest BCUT2D eigenvalue weighted by Gasteiger charge is -2.56. The predicted molar refractivity (Wildman–Crippen MR) is 118 cm³/mol. The fourth-order valence-corrected chi connectivity index (χ4v) is 7.26. The summed E-state index contributed by atoms with van der Waals surface area (Å²) in [5, 5.41) is -4.14. The van der Waals surface area contributed by atoms with Crippen molar-refractivity contribution in [3.63, 3.8) is 0 Å². The number of rotatable bonds is 5. The van der Waals surface area contributed by atoms with Gasteiger partial charge in [-0.2, -0.15) is 39.5 Å². The number of ether oxygens (including phenoxy) is 2. The zero-order valence-corrected chi connectivity index (χ0v) is 21.6. The maximum Gasteiger partial charge on any atom is 0.460 e. The summed E-state index contributed by atoms with van der Waals surface area (Å²) in [6.45, 7) is 3.81. The number of alkyl halides is 10. The first-order valence-electron chi connectivity index (χ1n) is 12.4. The molecule has 0 aromatic heterocycles. The van der Waals surface area contributed by atoms with Crippen LogP contribution >= 0.6 is 11.6 Å². The van der Waals surface area contributed by atoms with E-state index >= 15 is 0 Å². The number of hydrogen-bond acceptors (Lipinski definition) is 4. The second-order valence-corrected chi connectivity index (χ2v) is 11.8. The zero-order chi connectivity index (χ0) is 29.4. The Hall–Kier alpha value is -1.92. The van der Waals surface area contributed by atoms with Gasteiger partial charge in [0.2, 0.25) is 0 Å². The fourth-order valence-electron chi connectivity index (χ4n) is 7.21. The van der Waals surface area contributed by atoms with Crippen molar-refractivity contribution in [2.24, 2.45) is 28.6 Å². The van der Waals surface area contributed by atoms with Crippen LogP contribution in [0.5, 0.6) is 0 Å². The van der Waals surface area contributed by atoms with Crippen molar-refractivity contribution in [1.82, 2.24) is 0 Å². The van der Waals surface area contributed by atoms with E-state index in [-0.39, 0.29) is 30.6 Å². The molecule has 14 heteroatoms. The van der Waals surface area contributed by atoms with E-state index in [1.807, 2.05) is 13.8 Å². The summed E-state index contributed by atoms with van der Waals surface area (Å²) in [5.74, 6) is -17.9. The fraction of sp³-hybridized carbons (Fsp3) is 0.760. The van der Waals surface area contributed by atoms with Gasteiger partial charge in [-0.15, -0.1) is 0 Å². The van der Waals surface area contributed by atoms with Crippen LogP contribution in [0.15, 0.2) is 23.5 Å². The van der Waals surface area contributed by atoms with Gasteiger partial charge >= 0.3 is 35.3 Å². The third-order valence-electron chi connectivity index (χ3n) is 9.36. The SMILES string of the molecule is CC12CCC(OC(=O)C(F)(F)C(F)(F)C(F)(F)F)=CC1=CCC1C2CCC2(C)C(OC(=O)C(F)(F)Cl)CCC12. The Balaban J connectivity index is 1.52. The number of halogens is 10. The third-order valence-corrected chi connectivity index (χ3v) is 9.51. The van der Waals surface area contributed by atoms with Crippen molar-refractivity contribution in [1.29, 1.82) is 0 Å². The highest BCUT2D eigenvalue weighted by Crippen LogP contribution is 2.65. The minimum atomic E-state index is -6.66. The van der Waals surface area contributed by atoms with E-state index < -0.39 is 58.0 Å². The van der Waals surface area contributed by atoms with Crippen LogP contribution in [0.2, 0.25) is 0 Å². The number of carbonyl (C=O) groups excluding carboxylic acids is 2. The van der Waals surface area contributed by atoms with E-state index in [1.165, 1.54) is 6.08 Å². The molecule has 0 amide bonds. The smallest absolute Gasteiger partial charge is 0.456 e. The molecule has 4 rings (SSSR count). The lowest BCUT2D eigenvalue weighted by atomic mass is 9.48. The van der Waals surface area contributed by atoms with Gasteiger partial charge in [0.1, 0.15) is 11.9 Å². The Morgan fingerprint density at radius 3 is 2.15 bits per heavy atom. The van der Waals surface area contributed by atoms with Gasteiger partial charge in [-0.1, -0.05) is 19.9 Å². The van der Waals surface area contributed by atoms with E-state index in [2.05, 4.69) is 4.74 Å². The summed E-state index contributed by atoms with van der Waals surface area (Å²) in [5.41, 5.74) is -0.521. The van der Waals surface area contributed by atoms with Gasteiger partial charge in [0, 0.05) is 11.8 Å². The summed E-state index contributed by atoms with van der Waals surface area (Å²) in [6.07, 6.45) is -1.65. The molecule has 4 aliphatic carbocycles. The van der Waals surface area contributed by atoms with E-state index in [4.69, 9.17) is 16.3 Å². The molecule has 4 aliphatic rings. The molecule has 2 fully saturated rings. The molecule has 0 bridgehead atoms. The molecule has 0 aliphatic heterocycles. The maximum absolute atomic E-state index is 13.7. The van der Waals surface area contributed by atoms with Crippen LogP contribution in [0.25, 0.3) is 0 Å². The highest BCUT2D eigenvalue weighted by atomic mass is 35.5. The standard InChI is InChI=1S/C25H26ClF9O4/c1-20-9-7-13(38-18(36)22(27,28)24(31,32)25(33,34)35)11-12(20)3-4-14-15-5-6-17(39-19(37)23(26,29)30)21(15,2)10-8-16(14)20/h3,11,14-17H,4-10H2,1-2H3. The van der Waals surface area contributed by atoms with Crippen LogP contribution < -0.4 is 0 Å². The first-order valence-corrected chi connectivity index (χ1v) is 12.8. The van der Waals surface area contributed by atoms with E-state index in [0.29, 0.717) is 37.7 Å². The molecule has 0 spiro atoms. The molecule has 0 aromatic carbocycles. The van der Waals surface area contributed by atoms with Gasteiger partial charge in [0.05, 0.1) is 0 Å². The summed E-state index contributed by atoms with van der Waals surface area (Å²) in [7, 11) is 0. The highest BCUT2D eigenvalue weighted by molar-refractivity contribution is 6.31. The number of carbonyl (C=O) groups is 2. The topological polar surface area (TPSA) is 52.6 Å². The van der Waals surface area contributed by atoms with Gasteiger partial charge in [-0.25, -0.2) is 9.59 Å². The van der Waals surface area contributed by atoms with E-state index in [1.54, 1.807) is 6.08 Å². The lowest BCUT2D eigenvalue weighted by molar-refractivity contribution is -0.347. The van der Waals surface area contributed by atoms with Gasteiger partial charge in [-0.05, 0) is 84.9 Å². The van der Waals surface area contributed by atoms with Crippen LogP contribution in [0, 0.1) is 28.6 Å². The molecule has 6 atom stereocenters. The minimum Gasteiger partial charge on any atom is -0.456 e. The van der Waals surface area contributed by atoms with E-state index in [9.17, 15) is 49.1 Å². The monoisotopic (exact) mass is 596 g/mol. The van der Waals surface area contributed by atoms with Crippen LogP contribution in [0.3, 0.4) is 0 Å². The number of hydrogen-bond donors (Lipinski definition) is 0. The Bertz CT molecular complexity index is 1100. The van der Waals surface area contributed by atoms with Crippen molar-refractivity contribution < 1.29 is 58.6 Å². The van der Waals surface area contributed by atoms with Gasteiger partial charge in [-0.3, -0.25) is 0 Å². The van der Waals surface area contributed by atoms with Crippen molar-refractivity contribution in [2.75, 3.05) is 0 Å². The van der Waals surface area contributed by atoms with Crippen molar-refractivity contribution in [2.45, 2.75) is 88.3 Å². The van der Waals surface area contributed by atoms with Gasteiger partial charge in [0.15, 0.2) is 0 Å². The second kappa shape index (κ2) is 9.30. The Labute approximate surface area is 222 Å². The Kier molecular flexibility index (Phi) is 7.17. The summed E-state index contributed by atoms with van der Waals surface area (Å²) in [6, 6.07) is 0. The van der Waals surface area contributed by atoms with E-state index in [0.717, 1.165) is 0 Å². The molecular weight excluding hydrogens is 571 g/mol. The van der Waals surface area contributed by atoms with Gasteiger partial charge in [0.25, 0.3) is 0 Å². The molecule has 2 saturated carbocycles. The maximum atomic E-state index is 13.7. The molecular formula is C25H26ClF9O4. The molecule has 0 saturated heterocycles. The molecule has 6 unspecified atom stereocenters. The Morgan fingerprint density at radius 2 is 1.56 bits per heavy atom. The van der Waals surface area contributed by atoms with Crippen LogP contribution in [-0.2, 0) is 19.1 Å². The van der Waals surface area contributed by atoms with Gasteiger partial charge < -0.3 is 9.47 Å². The predicted octanol–water partition coefficient (Wildman–Crippen LogP) is 7.56. The summed E-state index contributed by atoms with van der Waals surface area (Å²) < 4.78 is 127. The van der Waals surface area contributed by atoms with Crippen molar-refractivity contribution >= 4 is 23.5 Å². The Morgan fingerprint density at radius 1 is 0.923 bits per heavy atom. The summed E-state index contributed by atoms with van der Waals surface area (Å²) in [4.78, 5) is 23.5. The van der Waals surface area contributed by atoms with Crippen molar-refractivity contribution in [3.8, 4) is 0 Å². The average molecular weight is 597 g/mol. The minimum absolute atomic E-state index is 0.0131. The molecule has 4 nitrogen and oxygen atoms in total. The highest BCUT2D eigenvalue weighted by Gasteiger charge is 2.77. The zero-order valence-electron chi connectivity index (χ0n) is 20.8. The first-order chi connectivity index (χ1) is 17.7. The lowest BCUT2D eigenvalue weighted by Crippen LogP contribution is -2.56. The molecule has 0 radical (unpaired) electrons. The normalized spacial score (nSPS) is 35.2. The largest absolute Gasteiger partial charge is 0.460 e. The number of esters is 2. The molecule has 0 N–H and O–H groups in total. The number of fused-ring (bicyclic) bond motifs is 5. The third kappa shape index (κ3) is 4.73. The molecule has 0 heterocycles. The number of allylic oxidation sites excluding steroid dienone is 4. The second-order valence-electron chi connectivity index (χ2n) is 11.3. The van der Waals surface area contributed by atoms with Crippen LogP contribution in [-0.4, -0.2) is 41.4 Å².